The van der Waals surface area contributed by atoms with Crippen molar-refractivity contribution >= 4 is 23.2 Å². The third-order valence-electron chi connectivity index (χ3n) is 3.75. The smallest absolute Gasteiger partial charge is 0.314 e. The molecule has 1 aliphatic heterocycles. The van der Waals surface area contributed by atoms with Crippen LogP contribution in [0, 0.1) is 20.8 Å². The summed E-state index contributed by atoms with van der Waals surface area (Å²) >= 11 is 0. The number of anilines is 2. The van der Waals surface area contributed by atoms with Gasteiger partial charge in [0.05, 0.1) is 0 Å². The molecule has 2 amide bonds. The lowest BCUT2D eigenvalue weighted by molar-refractivity contribution is -0.133. The molecule has 0 aromatic heterocycles. The van der Waals surface area contributed by atoms with Crippen molar-refractivity contribution in [1.82, 2.24) is 0 Å². The molecule has 2 aromatic carbocycles. The predicted octanol–water partition coefficient (Wildman–Crippen LogP) is 2.92. The Labute approximate surface area is 139 Å². The van der Waals surface area contributed by atoms with Crippen molar-refractivity contribution in [2.75, 3.05) is 17.4 Å². The van der Waals surface area contributed by atoms with Crippen molar-refractivity contribution in [2.45, 2.75) is 20.8 Å². The number of hydrogen-bond donors (Lipinski definition) is 2. The number of benzene rings is 2. The summed E-state index contributed by atoms with van der Waals surface area (Å²) < 4.78 is 10.5. The fraction of sp³-hybridized carbons (Fsp3) is 0.222. The summed E-state index contributed by atoms with van der Waals surface area (Å²) in [4.78, 5) is 24.3. The molecule has 0 saturated carbocycles. The summed E-state index contributed by atoms with van der Waals surface area (Å²) in [5.41, 5.74) is 4.06. The third-order valence-corrected chi connectivity index (χ3v) is 3.75. The molecule has 1 heterocycles. The van der Waals surface area contributed by atoms with E-state index in [4.69, 9.17) is 9.47 Å². The summed E-state index contributed by atoms with van der Waals surface area (Å²) in [6.07, 6.45) is 0. The molecule has 0 bridgehead atoms. The molecule has 2 aromatic rings. The van der Waals surface area contributed by atoms with Crippen molar-refractivity contribution in [1.29, 1.82) is 0 Å². The van der Waals surface area contributed by atoms with Gasteiger partial charge in [-0.3, -0.25) is 9.59 Å². The van der Waals surface area contributed by atoms with E-state index in [2.05, 4.69) is 10.6 Å². The topological polar surface area (TPSA) is 76.7 Å². The van der Waals surface area contributed by atoms with Crippen LogP contribution in [0.4, 0.5) is 11.4 Å². The monoisotopic (exact) mass is 326 g/mol. The van der Waals surface area contributed by atoms with Crippen LogP contribution >= 0.6 is 0 Å². The minimum Gasteiger partial charge on any atom is -0.454 e. The summed E-state index contributed by atoms with van der Waals surface area (Å²) in [6.45, 7) is 5.92. The Kier molecular flexibility index (Phi) is 4.12. The number of carbonyl (C=O) groups is 2. The van der Waals surface area contributed by atoms with Gasteiger partial charge in [0, 0.05) is 17.4 Å². The van der Waals surface area contributed by atoms with Crippen LogP contribution < -0.4 is 20.1 Å². The summed E-state index contributed by atoms with van der Waals surface area (Å²) in [6, 6.07) is 8.87. The van der Waals surface area contributed by atoms with Crippen LogP contribution in [0.5, 0.6) is 11.5 Å². The van der Waals surface area contributed by atoms with Crippen LogP contribution in [0.3, 0.4) is 0 Å². The molecule has 0 atom stereocenters. The Bertz CT molecular complexity index is 807. The Balaban J connectivity index is 1.70. The van der Waals surface area contributed by atoms with E-state index in [9.17, 15) is 9.59 Å². The summed E-state index contributed by atoms with van der Waals surface area (Å²) in [5.74, 6) is -0.308. The Hall–Kier alpha value is -3.02. The maximum absolute atomic E-state index is 12.2. The number of aryl methyl sites for hydroxylation is 3. The van der Waals surface area contributed by atoms with Crippen molar-refractivity contribution in [2.24, 2.45) is 0 Å². The second kappa shape index (κ2) is 6.23. The number of nitrogens with one attached hydrogen (secondary N) is 2. The van der Waals surface area contributed by atoms with Gasteiger partial charge in [0.1, 0.15) is 0 Å². The van der Waals surface area contributed by atoms with E-state index in [1.807, 2.05) is 32.9 Å². The van der Waals surface area contributed by atoms with Gasteiger partial charge in [-0.1, -0.05) is 17.7 Å². The zero-order valence-corrected chi connectivity index (χ0v) is 13.7. The number of rotatable bonds is 2. The van der Waals surface area contributed by atoms with Crippen LogP contribution in [0.1, 0.15) is 16.7 Å². The Morgan fingerprint density at radius 3 is 2.21 bits per heavy atom. The average molecular weight is 326 g/mol. The van der Waals surface area contributed by atoms with Crippen LogP contribution in [0.25, 0.3) is 0 Å². The number of ether oxygens (including phenoxy) is 2. The van der Waals surface area contributed by atoms with Crippen LogP contribution in [-0.4, -0.2) is 18.6 Å². The second-order valence-electron chi connectivity index (χ2n) is 5.75. The molecule has 124 valence electrons. The zero-order chi connectivity index (χ0) is 17.3. The highest BCUT2D eigenvalue weighted by atomic mass is 16.7. The maximum Gasteiger partial charge on any atom is 0.314 e. The standard InChI is InChI=1S/C18H18N2O4/c1-10-6-11(2)16(12(3)7-10)20-18(22)17(21)19-13-4-5-14-15(8-13)24-9-23-14/h4-8H,9H2,1-3H3,(H,19,21)(H,20,22). The maximum atomic E-state index is 12.2. The zero-order valence-electron chi connectivity index (χ0n) is 13.7. The molecular formula is C18H18N2O4. The molecule has 1 aliphatic rings. The highest BCUT2D eigenvalue weighted by Gasteiger charge is 2.18. The number of amides is 2. The largest absolute Gasteiger partial charge is 0.454 e. The number of hydrogen-bond acceptors (Lipinski definition) is 4. The van der Waals surface area contributed by atoms with E-state index in [1.165, 1.54) is 0 Å². The van der Waals surface area contributed by atoms with Gasteiger partial charge in [0.25, 0.3) is 0 Å². The molecule has 0 spiro atoms. The van der Waals surface area contributed by atoms with Gasteiger partial charge in [-0.25, -0.2) is 0 Å². The minimum absolute atomic E-state index is 0.152. The van der Waals surface area contributed by atoms with Gasteiger partial charge in [-0.2, -0.15) is 0 Å². The van der Waals surface area contributed by atoms with E-state index in [0.717, 1.165) is 16.7 Å². The van der Waals surface area contributed by atoms with E-state index in [1.54, 1.807) is 18.2 Å². The van der Waals surface area contributed by atoms with Crippen molar-refractivity contribution in [3.8, 4) is 11.5 Å². The van der Waals surface area contributed by atoms with Gasteiger partial charge in [-0.05, 0) is 44.0 Å². The second-order valence-corrected chi connectivity index (χ2v) is 5.75. The van der Waals surface area contributed by atoms with Gasteiger partial charge in [0.15, 0.2) is 11.5 Å². The Morgan fingerprint density at radius 2 is 1.50 bits per heavy atom. The van der Waals surface area contributed by atoms with Gasteiger partial charge >= 0.3 is 11.8 Å². The van der Waals surface area contributed by atoms with E-state index in [-0.39, 0.29) is 6.79 Å². The molecule has 0 aliphatic carbocycles. The molecular weight excluding hydrogens is 308 g/mol. The molecule has 2 N–H and O–H groups in total. The quantitative estimate of drug-likeness (QED) is 0.832. The fourth-order valence-electron chi connectivity index (χ4n) is 2.71. The lowest BCUT2D eigenvalue weighted by Crippen LogP contribution is -2.29. The van der Waals surface area contributed by atoms with Crippen LogP contribution in [0.15, 0.2) is 30.3 Å². The average Bonchev–Trinajstić information content (AvgIpc) is 2.98. The van der Waals surface area contributed by atoms with Crippen molar-refractivity contribution in [3.05, 3.63) is 47.0 Å². The number of carbonyl (C=O) groups excluding carboxylic acids is 2. The van der Waals surface area contributed by atoms with E-state index >= 15 is 0 Å². The molecule has 3 rings (SSSR count). The van der Waals surface area contributed by atoms with Gasteiger partial charge in [0.2, 0.25) is 6.79 Å². The normalized spacial score (nSPS) is 12.0. The predicted molar refractivity (Wildman–Crippen MR) is 90.5 cm³/mol. The molecule has 0 unspecified atom stereocenters. The van der Waals surface area contributed by atoms with Crippen molar-refractivity contribution < 1.29 is 19.1 Å². The highest BCUT2D eigenvalue weighted by molar-refractivity contribution is 6.43. The number of fused-ring (bicyclic) bond motifs is 1. The van der Waals surface area contributed by atoms with Crippen LogP contribution in [-0.2, 0) is 9.59 Å². The molecule has 24 heavy (non-hydrogen) atoms. The fourth-order valence-corrected chi connectivity index (χ4v) is 2.71. The first-order chi connectivity index (χ1) is 11.4. The van der Waals surface area contributed by atoms with E-state index < -0.39 is 11.8 Å². The summed E-state index contributed by atoms with van der Waals surface area (Å²) in [5, 5.41) is 5.23. The van der Waals surface area contributed by atoms with E-state index in [0.29, 0.717) is 22.9 Å². The Morgan fingerprint density at radius 1 is 0.875 bits per heavy atom. The molecule has 6 nitrogen and oxygen atoms in total. The molecule has 6 heteroatoms. The third kappa shape index (κ3) is 3.17. The molecule has 0 fully saturated rings. The summed E-state index contributed by atoms with van der Waals surface area (Å²) in [7, 11) is 0. The first-order valence-electron chi connectivity index (χ1n) is 7.54. The molecule has 0 saturated heterocycles. The lowest BCUT2D eigenvalue weighted by atomic mass is 10.1. The SMILES string of the molecule is Cc1cc(C)c(NC(=O)C(=O)Nc2ccc3c(c2)OCO3)c(C)c1. The van der Waals surface area contributed by atoms with Crippen LogP contribution in [0.2, 0.25) is 0 Å². The molecule has 0 radical (unpaired) electrons. The van der Waals surface area contributed by atoms with Gasteiger partial charge < -0.3 is 20.1 Å². The first-order valence-corrected chi connectivity index (χ1v) is 7.54. The highest BCUT2D eigenvalue weighted by Crippen LogP contribution is 2.34. The van der Waals surface area contributed by atoms with Gasteiger partial charge in [-0.15, -0.1) is 0 Å². The van der Waals surface area contributed by atoms with Crippen molar-refractivity contribution in [3.63, 3.8) is 0 Å². The minimum atomic E-state index is -0.742. The first kappa shape index (κ1) is 15.9. The lowest BCUT2D eigenvalue weighted by Gasteiger charge is -2.13.